The highest BCUT2D eigenvalue weighted by Gasteiger charge is 2.49. The number of hydrogen-bond acceptors (Lipinski definition) is 5. The van der Waals surface area contributed by atoms with Crippen LogP contribution in [0.1, 0.15) is 25.0 Å². The highest BCUT2D eigenvalue weighted by molar-refractivity contribution is 6.37. The van der Waals surface area contributed by atoms with E-state index in [1.807, 2.05) is 19.9 Å². The maximum Gasteiger partial charge on any atom is 0.451 e. The first-order chi connectivity index (χ1) is 14.5. The summed E-state index contributed by atoms with van der Waals surface area (Å²) in [5.74, 6) is 5.84. The molecule has 2 aromatic rings. The van der Waals surface area contributed by atoms with Crippen molar-refractivity contribution in [1.82, 2.24) is 4.98 Å². The lowest BCUT2D eigenvalue weighted by Crippen LogP contribution is -2.58. The van der Waals surface area contributed by atoms with Gasteiger partial charge in [-0.15, -0.1) is 4.99 Å². The number of hydrogen-bond donors (Lipinski definition) is 0. The number of amides is 3. The molecule has 0 spiro atoms. The summed E-state index contributed by atoms with van der Waals surface area (Å²) in [6, 6.07) is 7.02. The molecule has 0 radical (unpaired) electrons. The Morgan fingerprint density at radius 3 is 2.63 bits per heavy atom. The van der Waals surface area contributed by atoms with Crippen molar-refractivity contribution in [3.8, 4) is 11.8 Å². The Kier molecular flexibility index (Phi) is 5.25. The summed E-state index contributed by atoms with van der Waals surface area (Å²) in [5, 5.41) is 0.241. The van der Waals surface area contributed by atoms with Gasteiger partial charge in [-0.25, -0.2) is 4.79 Å². The summed E-state index contributed by atoms with van der Waals surface area (Å²) in [4.78, 5) is 39.8. The number of halogens is 1. The van der Waals surface area contributed by atoms with Crippen LogP contribution in [0.25, 0.3) is 0 Å². The van der Waals surface area contributed by atoms with E-state index >= 15 is 0 Å². The summed E-state index contributed by atoms with van der Waals surface area (Å²) >= 11 is 6.46. The zero-order valence-corrected chi connectivity index (χ0v) is 17.0. The zero-order chi connectivity index (χ0) is 21.3. The molecule has 1 aromatic heterocycles. The first kappa shape index (κ1) is 19.7. The van der Waals surface area contributed by atoms with Crippen LogP contribution in [0.4, 0.5) is 10.5 Å². The van der Waals surface area contributed by atoms with Crippen molar-refractivity contribution in [2.75, 3.05) is 4.90 Å². The van der Waals surface area contributed by atoms with Crippen LogP contribution in [0, 0.1) is 11.8 Å². The number of amidine groups is 1. The lowest BCUT2D eigenvalue weighted by Gasteiger charge is -2.28. The van der Waals surface area contributed by atoms with E-state index in [0.29, 0.717) is 11.4 Å². The number of nitrogens with zero attached hydrogens (tertiary/aromatic N) is 5. The van der Waals surface area contributed by atoms with Crippen LogP contribution in [-0.4, -0.2) is 51.8 Å². The number of pyridine rings is 1. The van der Waals surface area contributed by atoms with E-state index in [4.69, 9.17) is 11.6 Å². The number of anilines is 1. The number of benzene rings is 1. The molecule has 2 aliphatic heterocycles. The van der Waals surface area contributed by atoms with E-state index < -0.39 is 18.0 Å². The molecule has 0 saturated carbocycles. The van der Waals surface area contributed by atoms with Gasteiger partial charge in [0.25, 0.3) is 5.84 Å². The van der Waals surface area contributed by atoms with E-state index in [1.165, 1.54) is 17.0 Å². The molecule has 148 valence electrons. The standard InChI is InChI=1S/C22H17ClN5O2/c1-14(2)27-20-19(25-10-11-26-20)21(29)28(22(27)30)18-8-7-15(12-17(18)23)5-6-16-4-3-9-24-13-16/h3-4,7-14,19H,1-2H3/q+1. The van der Waals surface area contributed by atoms with Gasteiger partial charge in [-0.2, -0.15) is 9.48 Å². The second kappa shape index (κ2) is 8.01. The summed E-state index contributed by atoms with van der Waals surface area (Å²) in [6.07, 6.45) is 6.27. The fourth-order valence-electron chi connectivity index (χ4n) is 3.22. The quantitative estimate of drug-likeness (QED) is 0.555. The third-order valence-corrected chi connectivity index (χ3v) is 4.87. The van der Waals surface area contributed by atoms with Gasteiger partial charge in [-0.3, -0.25) is 14.8 Å². The largest absolute Gasteiger partial charge is 0.451 e. The summed E-state index contributed by atoms with van der Waals surface area (Å²) < 4.78 is 1.46. The molecule has 4 rings (SSSR count). The third kappa shape index (κ3) is 3.53. The number of rotatable bonds is 2. The molecule has 1 aromatic carbocycles. The van der Waals surface area contributed by atoms with E-state index in [9.17, 15) is 9.59 Å². The van der Waals surface area contributed by atoms with Crippen LogP contribution in [0.2, 0.25) is 5.02 Å². The van der Waals surface area contributed by atoms with Crippen LogP contribution in [0.15, 0.2) is 52.7 Å². The minimum absolute atomic E-state index is 0.209. The molecule has 3 heterocycles. The van der Waals surface area contributed by atoms with Gasteiger partial charge in [0, 0.05) is 23.5 Å². The number of urea groups is 1. The molecule has 3 amide bonds. The second-order valence-electron chi connectivity index (χ2n) is 6.91. The zero-order valence-electron chi connectivity index (χ0n) is 16.3. The Bertz CT molecular complexity index is 1190. The average Bonchev–Trinajstić information content (AvgIpc) is 2.74. The molecule has 1 unspecified atom stereocenters. The van der Waals surface area contributed by atoms with Crippen LogP contribution >= 0.6 is 11.6 Å². The number of aliphatic imine (C=N–C) groups is 2. The molecule has 7 nitrogen and oxygen atoms in total. The van der Waals surface area contributed by atoms with Crippen LogP contribution in [0.3, 0.4) is 0 Å². The molecular weight excluding hydrogens is 402 g/mol. The summed E-state index contributed by atoms with van der Waals surface area (Å²) in [6.45, 7) is 3.70. The molecule has 0 saturated heterocycles. The number of carbonyl (C=O) groups excluding carboxylic acids is 2. The Balaban J connectivity index is 1.72. The highest BCUT2D eigenvalue weighted by atomic mass is 35.5. The molecule has 0 fully saturated rings. The fraction of sp³-hybridized carbons (Fsp3) is 0.182. The van der Waals surface area contributed by atoms with E-state index in [-0.39, 0.29) is 16.8 Å². The van der Waals surface area contributed by atoms with Crippen molar-refractivity contribution in [1.29, 1.82) is 0 Å². The van der Waals surface area contributed by atoms with Crippen LogP contribution in [-0.2, 0) is 4.79 Å². The third-order valence-electron chi connectivity index (χ3n) is 4.57. The molecule has 30 heavy (non-hydrogen) atoms. The van der Waals surface area contributed by atoms with Gasteiger partial charge >= 0.3 is 11.9 Å². The van der Waals surface area contributed by atoms with Crippen LogP contribution < -0.4 is 4.90 Å². The first-order valence-electron chi connectivity index (χ1n) is 9.29. The van der Waals surface area contributed by atoms with Gasteiger partial charge in [-0.05, 0) is 44.2 Å². The molecule has 0 aliphatic carbocycles. The minimum Gasteiger partial charge on any atom is -0.264 e. The van der Waals surface area contributed by atoms with Gasteiger partial charge in [-0.1, -0.05) is 23.4 Å². The monoisotopic (exact) mass is 418 g/mol. The molecule has 8 heteroatoms. The Morgan fingerprint density at radius 2 is 1.93 bits per heavy atom. The lowest BCUT2D eigenvalue weighted by atomic mass is 10.1. The number of aromatic nitrogens is 1. The van der Waals surface area contributed by atoms with Crippen LogP contribution in [0.5, 0.6) is 0 Å². The Hall–Kier alpha value is -3.63. The van der Waals surface area contributed by atoms with Gasteiger partial charge in [0.15, 0.2) is 0 Å². The summed E-state index contributed by atoms with van der Waals surface area (Å²) in [5.41, 5.74) is 1.70. The van der Waals surface area contributed by atoms with Crippen molar-refractivity contribution in [2.24, 2.45) is 9.98 Å². The normalized spacial score (nSPS) is 17.9. The van der Waals surface area contributed by atoms with Gasteiger partial charge in [0.2, 0.25) is 6.04 Å². The maximum atomic E-state index is 13.2. The molecule has 0 N–H and O–H groups in total. The molecular formula is C22H17ClN5O2+. The Labute approximate surface area is 178 Å². The maximum absolute atomic E-state index is 13.2. The van der Waals surface area contributed by atoms with Crippen molar-refractivity contribution in [2.45, 2.75) is 25.9 Å². The molecule has 2 aliphatic rings. The Morgan fingerprint density at radius 1 is 1.13 bits per heavy atom. The average molecular weight is 419 g/mol. The number of imide groups is 1. The van der Waals surface area contributed by atoms with Gasteiger partial charge < -0.3 is 0 Å². The second-order valence-corrected chi connectivity index (χ2v) is 7.32. The smallest absolute Gasteiger partial charge is 0.264 e. The van der Waals surface area contributed by atoms with E-state index in [1.54, 1.807) is 36.7 Å². The minimum atomic E-state index is -0.879. The van der Waals surface area contributed by atoms with Crippen molar-refractivity contribution < 1.29 is 14.2 Å². The predicted octanol–water partition coefficient (Wildman–Crippen LogP) is 2.94. The van der Waals surface area contributed by atoms with E-state index in [2.05, 4.69) is 26.8 Å². The topological polar surface area (TPSA) is 78.0 Å². The first-order valence-corrected chi connectivity index (χ1v) is 9.66. The van der Waals surface area contributed by atoms with E-state index in [0.717, 1.165) is 10.5 Å². The number of fused-ring (bicyclic) bond motifs is 1. The van der Waals surface area contributed by atoms with Crippen molar-refractivity contribution in [3.63, 3.8) is 0 Å². The van der Waals surface area contributed by atoms with Crippen molar-refractivity contribution in [3.05, 3.63) is 58.9 Å². The predicted molar refractivity (Wildman–Crippen MR) is 116 cm³/mol. The highest BCUT2D eigenvalue weighted by Crippen LogP contribution is 2.30. The number of carbonyl (C=O) groups is 2. The molecule has 0 bridgehead atoms. The lowest BCUT2D eigenvalue weighted by molar-refractivity contribution is -0.464. The fourth-order valence-corrected chi connectivity index (χ4v) is 3.48. The summed E-state index contributed by atoms with van der Waals surface area (Å²) in [7, 11) is 0. The SMILES string of the molecule is CC(C)[N+]1=C2N=CC=NC2C(=O)N(c2ccc(C#Cc3cccnc3)cc2Cl)C1=O. The van der Waals surface area contributed by atoms with Gasteiger partial charge in [0.1, 0.15) is 11.9 Å². The van der Waals surface area contributed by atoms with Gasteiger partial charge in [0.05, 0.1) is 17.3 Å². The molecule has 1 atom stereocenters. The van der Waals surface area contributed by atoms with Crippen molar-refractivity contribution >= 4 is 47.5 Å².